The lowest BCUT2D eigenvalue weighted by atomic mass is 10.1. The molecule has 3 rings (SSSR count). The Morgan fingerprint density at radius 3 is 2.67 bits per heavy atom. The first-order chi connectivity index (χ1) is 12.9. The Bertz CT molecular complexity index is 1100. The van der Waals surface area contributed by atoms with Crippen LogP contribution in [0.25, 0.3) is 11.3 Å². The van der Waals surface area contributed by atoms with Crippen LogP contribution in [0.3, 0.4) is 0 Å². The summed E-state index contributed by atoms with van der Waals surface area (Å²) in [6, 6.07) is 11.8. The zero-order chi connectivity index (χ0) is 19.6. The Labute approximate surface area is 162 Å². The second-order valence-electron chi connectivity index (χ2n) is 5.34. The Balaban J connectivity index is 1.85. The number of carbonyl (C=O) groups excluding carboxylic acids is 1. The molecule has 1 amide bonds. The van der Waals surface area contributed by atoms with Gasteiger partial charge in [-0.1, -0.05) is 23.2 Å². The van der Waals surface area contributed by atoms with Crippen molar-refractivity contribution in [1.29, 1.82) is 5.26 Å². The average Bonchev–Trinajstić information content (AvgIpc) is 3.11. The Morgan fingerprint density at radius 2 is 2.00 bits per heavy atom. The fraction of sp³-hybridized carbons (Fsp3) is 0. The predicted molar refractivity (Wildman–Crippen MR) is 99.8 cm³/mol. The molecule has 0 aliphatic heterocycles. The van der Waals surface area contributed by atoms with Crippen molar-refractivity contribution < 1.29 is 9.72 Å². The Kier molecular flexibility index (Phi) is 5.07. The summed E-state index contributed by atoms with van der Waals surface area (Å²) in [6.45, 7) is 0. The molecule has 27 heavy (non-hydrogen) atoms. The minimum Gasteiger partial charge on any atom is -0.319 e. The highest BCUT2D eigenvalue weighted by atomic mass is 35.5. The molecule has 2 aromatic carbocycles. The molecule has 2 N–H and O–H groups in total. The molecule has 0 spiro atoms. The van der Waals surface area contributed by atoms with Crippen LogP contribution in [0.15, 0.2) is 42.5 Å². The third-order valence-corrected chi connectivity index (χ3v) is 4.16. The van der Waals surface area contributed by atoms with E-state index >= 15 is 0 Å². The molecule has 0 saturated carbocycles. The van der Waals surface area contributed by atoms with E-state index in [9.17, 15) is 14.9 Å². The van der Waals surface area contributed by atoms with Crippen LogP contribution < -0.4 is 5.32 Å². The van der Waals surface area contributed by atoms with Crippen molar-refractivity contribution in [1.82, 2.24) is 10.2 Å². The van der Waals surface area contributed by atoms with Gasteiger partial charge in [-0.2, -0.15) is 10.4 Å². The molecule has 0 atom stereocenters. The van der Waals surface area contributed by atoms with E-state index < -0.39 is 10.8 Å². The van der Waals surface area contributed by atoms with Gasteiger partial charge in [0.15, 0.2) is 0 Å². The standard InChI is InChI=1S/C17H9Cl2N5O3/c18-10-1-3-12(13(19)6-10)15-7-16(23-22-15)17(25)21-14-4-2-11(24(26)27)5-9(14)8-20/h1-7H,(H,21,25)(H,22,23). The van der Waals surface area contributed by atoms with Crippen LogP contribution in [-0.2, 0) is 0 Å². The average molecular weight is 402 g/mol. The zero-order valence-corrected chi connectivity index (χ0v) is 14.9. The smallest absolute Gasteiger partial charge is 0.273 e. The molecule has 1 aromatic heterocycles. The van der Waals surface area contributed by atoms with Crippen molar-refractivity contribution in [2.75, 3.05) is 5.32 Å². The molecule has 0 radical (unpaired) electrons. The number of non-ortho nitro benzene ring substituents is 1. The number of H-pyrrole nitrogens is 1. The molecule has 0 aliphatic rings. The van der Waals surface area contributed by atoms with Gasteiger partial charge in [-0.25, -0.2) is 0 Å². The van der Waals surface area contributed by atoms with E-state index in [0.717, 1.165) is 6.07 Å². The maximum atomic E-state index is 12.4. The van der Waals surface area contributed by atoms with E-state index in [0.29, 0.717) is 21.3 Å². The number of aromatic amines is 1. The second-order valence-corrected chi connectivity index (χ2v) is 6.19. The van der Waals surface area contributed by atoms with Crippen molar-refractivity contribution in [3.05, 3.63) is 73.9 Å². The number of aromatic nitrogens is 2. The molecule has 0 fully saturated rings. The number of nitro benzene ring substituents is 1. The Hall–Kier alpha value is -3.41. The fourth-order valence-corrected chi connectivity index (χ4v) is 2.82. The number of anilines is 1. The largest absolute Gasteiger partial charge is 0.319 e. The molecule has 0 unspecified atom stereocenters. The number of carbonyl (C=O) groups is 1. The van der Waals surface area contributed by atoms with Crippen LogP contribution in [-0.4, -0.2) is 21.0 Å². The van der Waals surface area contributed by atoms with Crippen molar-refractivity contribution in [3.63, 3.8) is 0 Å². The number of nitrogens with one attached hydrogen (secondary N) is 2. The number of amides is 1. The summed E-state index contributed by atoms with van der Waals surface area (Å²) in [7, 11) is 0. The van der Waals surface area contributed by atoms with Crippen molar-refractivity contribution in [2.45, 2.75) is 0 Å². The molecule has 8 nitrogen and oxygen atoms in total. The number of nitro groups is 1. The first kappa shape index (κ1) is 18.4. The molecule has 0 bridgehead atoms. The van der Waals surface area contributed by atoms with Crippen LogP contribution in [0.4, 0.5) is 11.4 Å². The molecular formula is C17H9Cl2N5O3. The summed E-state index contributed by atoms with van der Waals surface area (Å²) in [6.07, 6.45) is 0. The van der Waals surface area contributed by atoms with E-state index in [4.69, 9.17) is 28.5 Å². The predicted octanol–water partition coefficient (Wildman–Crippen LogP) is 4.42. The normalized spacial score (nSPS) is 10.3. The monoisotopic (exact) mass is 401 g/mol. The van der Waals surface area contributed by atoms with Gasteiger partial charge in [-0.3, -0.25) is 20.0 Å². The van der Waals surface area contributed by atoms with Gasteiger partial charge in [-0.05, 0) is 30.3 Å². The summed E-state index contributed by atoms with van der Waals surface area (Å²) in [5, 5.41) is 29.9. The van der Waals surface area contributed by atoms with Crippen LogP contribution >= 0.6 is 23.2 Å². The maximum Gasteiger partial charge on any atom is 0.273 e. The van der Waals surface area contributed by atoms with Gasteiger partial charge in [0.05, 0.1) is 26.9 Å². The maximum absolute atomic E-state index is 12.4. The third-order valence-electron chi connectivity index (χ3n) is 3.61. The number of hydrogen-bond donors (Lipinski definition) is 2. The topological polar surface area (TPSA) is 125 Å². The summed E-state index contributed by atoms with van der Waals surface area (Å²) >= 11 is 12.0. The minimum absolute atomic E-state index is 0.0296. The molecule has 0 saturated heterocycles. The van der Waals surface area contributed by atoms with E-state index in [-0.39, 0.29) is 22.6 Å². The summed E-state index contributed by atoms with van der Waals surface area (Å²) < 4.78 is 0. The molecule has 134 valence electrons. The van der Waals surface area contributed by atoms with Gasteiger partial charge < -0.3 is 5.32 Å². The van der Waals surface area contributed by atoms with Gasteiger partial charge >= 0.3 is 0 Å². The number of halogens is 2. The summed E-state index contributed by atoms with van der Waals surface area (Å²) in [5.74, 6) is -0.566. The molecule has 10 heteroatoms. The van der Waals surface area contributed by atoms with E-state index in [2.05, 4.69) is 15.5 Å². The molecular weight excluding hydrogens is 393 g/mol. The van der Waals surface area contributed by atoms with Gasteiger partial charge in [-0.15, -0.1) is 0 Å². The fourth-order valence-electron chi connectivity index (χ4n) is 2.31. The highest BCUT2D eigenvalue weighted by Gasteiger charge is 2.16. The van der Waals surface area contributed by atoms with Gasteiger partial charge in [0.2, 0.25) is 0 Å². The lowest BCUT2D eigenvalue weighted by molar-refractivity contribution is -0.384. The van der Waals surface area contributed by atoms with E-state index in [1.807, 2.05) is 6.07 Å². The van der Waals surface area contributed by atoms with Crippen LogP contribution in [0.2, 0.25) is 10.0 Å². The third kappa shape index (κ3) is 3.89. The number of hydrogen-bond acceptors (Lipinski definition) is 5. The van der Waals surface area contributed by atoms with Crippen LogP contribution in [0.5, 0.6) is 0 Å². The first-order valence-corrected chi connectivity index (χ1v) is 8.15. The van der Waals surface area contributed by atoms with Gasteiger partial charge in [0.1, 0.15) is 11.8 Å². The van der Waals surface area contributed by atoms with Crippen LogP contribution in [0.1, 0.15) is 16.1 Å². The quantitative estimate of drug-likeness (QED) is 0.494. The zero-order valence-electron chi connectivity index (χ0n) is 13.4. The van der Waals surface area contributed by atoms with Crippen LogP contribution in [0, 0.1) is 21.4 Å². The molecule has 0 aliphatic carbocycles. The van der Waals surface area contributed by atoms with E-state index in [1.54, 1.807) is 18.2 Å². The van der Waals surface area contributed by atoms with E-state index in [1.165, 1.54) is 18.2 Å². The minimum atomic E-state index is -0.622. The number of rotatable bonds is 4. The SMILES string of the molecule is N#Cc1cc([N+](=O)[O-])ccc1NC(=O)c1cc(-c2ccc(Cl)cc2Cl)n[nH]1. The number of benzene rings is 2. The van der Waals surface area contributed by atoms with Gasteiger partial charge in [0, 0.05) is 22.7 Å². The number of nitriles is 1. The highest BCUT2D eigenvalue weighted by molar-refractivity contribution is 6.36. The molecule has 1 heterocycles. The lowest BCUT2D eigenvalue weighted by Crippen LogP contribution is -2.13. The first-order valence-electron chi connectivity index (χ1n) is 7.40. The van der Waals surface area contributed by atoms with Crippen molar-refractivity contribution in [2.24, 2.45) is 0 Å². The lowest BCUT2D eigenvalue weighted by Gasteiger charge is -2.05. The van der Waals surface area contributed by atoms with Gasteiger partial charge in [0.25, 0.3) is 11.6 Å². The van der Waals surface area contributed by atoms with Crippen molar-refractivity contribution >= 4 is 40.5 Å². The number of nitrogens with zero attached hydrogens (tertiary/aromatic N) is 3. The second kappa shape index (κ2) is 7.45. The Morgan fingerprint density at radius 1 is 1.22 bits per heavy atom. The summed E-state index contributed by atoms with van der Waals surface area (Å²) in [4.78, 5) is 22.6. The van der Waals surface area contributed by atoms with Crippen molar-refractivity contribution in [3.8, 4) is 17.3 Å². The summed E-state index contributed by atoms with van der Waals surface area (Å²) in [5.41, 5.74) is 1.02. The highest BCUT2D eigenvalue weighted by Crippen LogP contribution is 2.29. The molecule has 3 aromatic rings.